The first-order valence-electron chi connectivity index (χ1n) is 5.76. The van der Waals surface area contributed by atoms with E-state index in [2.05, 4.69) is 26.0 Å². The number of rotatable bonds is 4. The van der Waals surface area contributed by atoms with Gasteiger partial charge in [0.05, 0.1) is 5.60 Å². The van der Waals surface area contributed by atoms with Gasteiger partial charge in [0.15, 0.2) is 0 Å². The van der Waals surface area contributed by atoms with Crippen LogP contribution in [0.25, 0.3) is 0 Å². The minimum atomic E-state index is -0.650. The molecule has 0 heterocycles. The molecule has 0 amide bonds. The lowest BCUT2D eigenvalue weighted by molar-refractivity contribution is -0.0219. The fourth-order valence-electron chi connectivity index (χ4n) is 2.09. The second-order valence-corrected chi connectivity index (χ2v) is 4.68. The molecular weight excluding hydrogens is 184 g/mol. The van der Waals surface area contributed by atoms with Crippen LogP contribution in [0.4, 0.5) is 0 Å². The van der Waals surface area contributed by atoms with Gasteiger partial charge in [0.1, 0.15) is 0 Å². The monoisotopic (exact) mass is 206 g/mol. The van der Waals surface area contributed by atoms with Crippen LogP contribution in [-0.4, -0.2) is 10.7 Å². The molecule has 84 valence electrons. The smallest absolute Gasteiger partial charge is 0.0710 e. The van der Waals surface area contributed by atoms with Gasteiger partial charge in [-0.1, -0.05) is 51.1 Å². The van der Waals surface area contributed by atoms with Crippen LogP contribution >= 0.6 is 0 Å². The zero-order valence-corrected chi connectivity index (χ0v) is 10.2. The quantitative estimate of drug-likeness (QED) is 0.799. The van der Waals surface area contributed by atoms with Crippen molar-refractivity contribution in [2.75, 3.05) is 0 Å². The van der Waals surface area contributed by atoms with Crippen LogP contribution < -0.4 is 0 Å². The summed E-state index contributed by atoms with van der Waals surface area (Å²) >= 11 is 0. The Balaban J connectivity index is 3.17. The lowest BCUT2D eigenvalue weighted by Gasteiger charge is -2.42. The van der Waals surface area contributed by atoms with Crippen molar-refractivity contribution in [3.63, 3.8) is 0 Å². The molecule has 0 spiro atoms. The first-order chi connectivity index (χ1) is 6.98. The van der Waals surface area contributed by atoms with Crippen LogP contribution in [0.1, 0.15) is 46.1 Å². The molecule has 0 saturated heterocycles. The molecule has 0 bridgehead atoms. The summed E-state index contributed by atoms with van der Waals surface area (Å²) in [5.74, 6) is 0. The Morgan fingerprint density at radius 3 is 1.93 bits per heavy atom. The summed E-state index contributed by atoms with van der Waals surface area (Å²) in [4.78, 5) is 0. The molecule has 1 nitrogen and oxygen atoms in total. The average molecular weight is 206 g/mol. The lowest BCUT2D eigenvalue weighted by Crippen LogP contribution is -2.46. The Hall–Kier alpha value is -0.820. The fraction of sp³-hybridized carbons (Fsp3) is 0.571. The van der Waals surface area contributed by atoms with Gasteiger partial charge in [-0.05, 0) is 25.3 Å². The maximum Gasteiger partial charge on any atom is 0.0710 e. The molecule has 0 aromatic heterocycles. The number of hydrogen-bond donors (Lipinski definition) is 1. The van der Waals surface area contributed by atoms with Crippen molar-refractivity contribution in [1.29, 1.82) is 0 Å². The Kier molecular flexibility index (Phi) is 3.56. The van der Waals surface area contributed by atoms with E-state index in [0.29, 0.717) is 0 Å². The van der Waals surface area contributed by atoms with E-state index in [1.807, 2.05) is 32.0 Å². The van der Waals surface area contributed by atoms with Crippen LogP contribution in [0.3, 0.4) is 0 Å². The van der Waals surface area contributed by atoms with Crippen molar-refractivity contribution in [3.8, 4) is 0 Å². The van der Waals surface area contributed by atoms with E-state index < -0.39 is 5.60 Å². The molecule has 1 aromatic carbocycles. The minimum absolute atomic E-state index is 0.164. The van der Waals surface area contributed by atoms with Crippen molar-refractivity contribution < 1.29 is 5.11 Å². The highest BCUT2D eigenvalue weighted by molar-refractivity contribution is 5.28. The second kappa shape index (κ2) is 4.36. The molecular formula is C14H22O. The third kappa shape index (κ3) is 2.07. The summed E-state index contributed by atoms with van der Waals surface area (Å²) in [7, 11) is 0. The van der Waals surface area contributed by atoms with Crippen LogP contribution in [0.15, 0.2) is 30.3 Å². The number of hydrogen-bond acceptors (Lipinski definition) is 1. The molecule has 0 fully saturated rings. The molecule has 1 rings (SSSR count). The standard InChI is InChI=1S/C14H22O/c1-5-13(3,14(4,15)6-2)12-10-8-7-9-11-12/h7-11,15H,5-6H2,1-4H3/t13-,14+/m1/s1. The van der Waals surface area contributed by atoms with Gasteiger partial charge in [0.2, 0.25) is 0 Å². The van der Waals surface area contributed by atoms with Gasteiger partial charge in [-0.15, -0.1) is 0 Å². The number of aliphatic hydroxyl groups is 1. The molecule has 1 heteroatoms. The van der Waals surface area contributed by atoms with Gasteiger partial charge in [-0.2, -0.15) is 0 Å². The van der Waals surface area contributed by atoms with Crippen LogP contribution in [-0.2, 0) is 5.41 Å². The predicted octanol–water partition coefficient (Wildman–Crippen LogP) is 3.52. The molecule has 0 unspecified atom stereocenters. The number of benzene rings is 1. The maximum absolute atomic E-state index is 10.5. The Morgan fingerprint density at radius 2 is 1.53 bits per heavy atom. The highest BCUT2D eigenvalue weighted by Crippen LogP contribution is 2.39. The predicted molar refractivity (Wildman–Crippen MR) is 65.0 cm³/mol. The zero-order chi connectivity index (χ0) is 11.5. The summed E-state index contributed by atoms with van der Waals surface area (Å²) in [6.07, 6.45) is 1.71. The topological polar surface area (TPSA) is 20.2 Å². The molecule has 1 aromatic rings. The van der Waals surface area contributed by atoms with E-state index in [1.165, 1.54) is 5.56 Å². The van der Waals surface area contributed by atoms with Crippen LogP contribution in [0, 0.1) is 0 Å². The van der Waals surface area contributed by atoms with Gasteiger partial charge in [-0.25, -0.2) is 0 Å². The van der Waals surface area contributed by atoms with E-state index in [1.54, 1.807) is 0 Å². The van der Waals surface area contributed by atoms with E-state index in [9.17, 15) is 5.11 Å². The molecule has 0 aliphatic rings. The normalized spacial score (nSPS) is 19.3. The Labute approximate surface area is 93.1 Å². The first-order valence-corrected chi connectivity index (χ1v) is 5.76. The molecule has 0 aliphatic heterocycles. The molecule has 2 atom stereocenters. The highest BCUT2D eigenvalue weighted by Gasteiger charge is 2.41. The summed E-state index contributed by atoms with van der Waals surface area (Å²) in [5, 5.41) is 10.5. The van der Waals surface area contributed by atoms with Crippen LogP contribution in [0.5, 0.6) is 0 Å². The minimum Gasteiger partial charge on any atom is -0.389 e. The van der Waals surface area contributed by atoms with Crippen molar-refractivity contribution in [1.82, 2.24) is 0 Å². The van der Waals surface area contributed by atoms with Crippen molar-refractivity contribution in [3.05, 3.63) is 35.9 Å². The van der Waals surface area contributed by atoms with Crippen LogP contribution in [0.2, 0.25) is 0 Å². The molecule has 15 heavy (non-hydrogen) atoms. The van der Waals surface area contributed by atoms with Gasteiger partial charge in [0.25, 0.3) is 0 Å². The highest BCUT2D eigenvalue weighted by atomic mass is 16.3. The van der Waals surface area contributed by atoms with E-state index in [0.717, 1.165) is 12.8 Å². The maximum atomic E-state index is 10.5. The summed E-state index contributed by atoms with van der Waals surface area (Å²) in [5.41, 5.74) is 0.408. The molecule has 0 radical (unpaired) electrons. The van der Waals surface area contributed by atoms with Gasteiger partial charge < -0.3 is 5.11 Å². The average Bonchev–Trinajstić information content (AvgIpc) is 2.29. The summed E-state index contributed by atoms with van der Waals surface area (Å²) in [6, 6.07) is 10.3. The van der Waals surface area contributed by atoms with E-state index in [4.69, 9.17) is 0 Å². The fourth-order valence-corrected chi connectivity index (χ4v) is 2.09. The molecule has 0 saturated carbocycles. The lowest BCUT2D eigenvalue weighted by atomic mass is 9.66. The van der Waals surface area contributed by atoms with Gasteiger partial charge >= 0.3 is 0 Å². The zero-order valence-electron chi connectivity index (χ0n) is 10.2. The van der Waals surface area contributed by atoms with Gasteiger partial charge in [-0.3, -0.25) is 0 Å². The second-order valence-electron chi connectivity index (χ2n) is 4.68. The van der Waals surface area contributed by atoms with Crippen molar-refractivity contribution in [2.24, 2.45) is 0 Å². The Morgan fingerprint density at radius 1 is 1.00 bits per heavy atom. The van der Waals surface area contributed by atoms with E-state index >= 15 is 0 Å². The van der Waals surface area contributed by atoms with Crippen molar-refractivity contribution in [2.45, 2.75) is 51.6 Å². The van der Waals surface area contributed by atoms with E-state index in [-0.39, 0.29) is 5.41 Å². The SMILES string of the molecule is CC[C@](C)(O)[C@](C)(CC)c1ccccc1. The third-order valence-electron chi connectivity index (χ3n) is 4.00. The summed E-state index contributed by atoms with van der Waals surface area (Å²) in [6.45, 7) is 8.25. The Bertz CT molecular complexity index is 302. The molecule has 0 aliphatic carbocycles. The summed E-state index contributed by atoms with van der Waals surface area (Å²) < 4.78 is 0. The third-order valence-corrected chi connectivity index (χ3v) is 4.00. The largest absolute Gasteiger partial charge is 0.389 e. The molecule has 1 N–H and O–H groups in total. The van der Waals surface area contributed by atoms with Crippen molar-refractivity contribution >= 4 is 0 Å². The van der Waals surface area contributed by atoms with Gasteiger partial charge in [0, 0.05) is 5.41 Å². The first kappa shape index (κ1) is 12.3.